The number of likely N-dealkylation sites (N-methyl/N-ethyl adjacent to an activating group) is 1. The summed E-state index contributed by atoms with van der Waals surface area (Å²) < 4.78 is 6.16. The van der Waals surface area contributed by atoms with Crippen molar-refractivity contribution in [2.75, 3.05) is 25.6 Å². The fourth-order valence-corrected chi connectivity index (χ4v) is 3.34. The number of hydrogen-bond acceptors (Lipinski definition) is 4. The molecule has 2 rings (SSSR count). The van der Waals surface area contributed by atoms with Gasteiger partial charge in [0.15, 0.2) is 5.78 Å². The van der Waals surface area contributed by atoms with Gasteiger partial charge in [0.1, 0.15) is 5.75 Å². The maximum Gasteiger partial charge on any atom is 0.193 e. The van der Waals surface area contributed by atoms with Gasteiger partial charge in [-0.2, -0.15) is 0 Å². The summed E-state index contributed by atoms with van der Waals surface area (Å²) in [6.45, 7) is 0.319. The predicted molar refractivity (Wildman–Crippen MR) is 82.6 cm³/mol. The fourth-order valence-electron chi connectivity index (χ4n) is 1.81. The Morgan fingerprint density at radius 2 is 2.11 bits per heavy atom. The predicted octanol–water partition coefficient (Wildman–Crippen LogP) is 3.84. The molecule has 0 saturated carbocycles. The fraction of sp³-hybridized carbons (Fsp3) is 0.214. The number of benzene rings is 1. The molecule has 5 heteroatoms. The van der Waals surface area contributed by atoms with E-state index in [0.717, 1.165) is 20.8 Å². The Morgan fingerprint density at radius 3 is 2.74 bits per heavy atom. The molecular formula is C14H14BrNO2S. The Bertz CT molecular complexity index is 582. The highest BCUT2D eigenvalue weighted by atomic mass is 79.9. The molecule has 100 valence electrons. The van der Waals surface area contributed by atoms with Gasteiger partial charge in [-0.3, -0.25) is 4.79 Å². The average Bonchev–Trinajstić information content (AvgIpc) is 2.85. The van der Waals surface area contributed by atoms with Gasteiger partial charge in [-0.25, -0.2) is 0 Å². The lowest BCUT2D eigenvalue weighted by Gasteiger charge is -2.20. The van der Waals surface area contributed by atoms with Crippen LogP contribution in [0.25, 0.3) is 0 Å². The van der Waals surface area contributed by atoms with Crippen molar-refractivity contribution in [3.63, 3.8) is 0 Å². The number of Topliss-reactive ketones (excluding diaryl/α,β-unsaturated/α-hetero) is 1. The molecule has 1 aromatic carbocycles. The van der Waals surface area contributed by atoms with Crippen LogP contribution >= 0.6 is 27.3 Å². The van der Waals surface area contributed by atoms with Crippen LogP contribution in [0.4, 0.5) is 5.69 Å². The van der Waals surface area contributed by atoms with Crippen LogP contribution in [0, 0.1) is 0 Å². The van der Waals surface area contributed by atoms with Gasteiger partial charge in [-0.05, 0) is 39.5 Å². The van der Waals surface area contributed by atoms with Gasteiger partial charge in [-0.1, -0.05) is 12.1 Å². The summed E-state index contributed by atoms with van der Waals surface area (Å²) in [6, 6.07) is 9.56. The van der Waals surface area contributed by atoms with E-state index in [0.29, 0.717) is 6.54 Å². The first-order valence-electron chi connectivity index (χ1n) is 5.74. The van der Waals surface area contributed by atoms with E-state index in [-0.39, 0.29) is 5.78 Å². The monoisotopic (exact) mass is 339 g/mol. The van der Waals surface area contributed by atoms with E-state index in [4.69, 9.17) is 4.74 Å². The summed E-state index contributed by atoms with van der Waals surface area (Å²) in [5, 5.41) is 1.90. The maximum atomic E-state index is 12.2. The summed E-state index contributed by atoms with van der Waals surface area (Å²) in [6.07, 6.45) is 0. The van der Waals surface area contributed by atoms with E-state index in [1.54, 1.807) is 7.11 Å². The largest absolute Gasteiger partial charge is 0.495 e. The van der Waals surface area contributed by atoms with Crippen molar-refractivity contribution in [2.45, 2.75) is 0 Å². The number of halogens is 1. The standard InChI is InChI=1S/C14H14BrNO2S/c1-16(11-5-3-4-6-13(11)18-2)9-12(17)14-10(15)7-8-19-14/h3-8H,9H2,1-2H3. The molecule has 0 unspecified atom stereocenters. The number of carbonyl (C=O) groups is 1. The lowest BCUT2D eigenvalue weighted by Crippen LogP contribution is -2.25. The van der Waals surface area contributed by atoms with Crippen LogP contribution in [-0.2, 0) is 0 Å². The molecule has 0 bridgehead atoms. The van der Waals surface area contributed by atoms with Crippen molar-refractivity contribution in [1.29, 1.82) is 0 Å². The lowest BCUT2D eigenvalue weighted by atomic mass is 10.2. The minimum atomic E-state index is 0.0929. The zero-order chi connectivity index (χ0) is 13.8. The SMILES string of the molecule is COc1ccccc1N(C)CC(=O)c1sccc1Br. The number of ether oxygens (including phenoxy) is 1. The minimum Gasteiger partial charge on any atom is -0.495 e. The highest BCUT2D eigenvalue weighted by molar-refractivity contribution is 9.10. The molecule has 2 aromatic rings. The Morgan fingerprint density at radius 1 is 1.37 bits per heavy atom. The van der Waals surface area contributed by atoms with Crippen LogP contribution in [0.3, 0.4) is 0 Å². The summed E-state index contributed by atoms with van der Waals surface area (Å²) in [4.78, 5) is 14.9. The van der Waals surface area contributed by atoms with Gasteiger partial charge in [0, 0.05) is 11.5 Å². The number of ketones is 1. The molecule has 0 radical (unpaired) electrons. The highest BCUT2D eigenvalue weighted by Gasteiger charge is 2.16. The van der Waals surface area contributed by atoms with Crippen molar-refractivity contribution in [3.05, 3.63) is 45.1 Å². The normalized spacial score (nSPS) is 10.3. The van der Waals surface area contributed by atoms with Gasteiger partial charge in [0.2, 0.25) is 0 Å². The lowest BCUT2D eigenvalue weighted by molar-refractivity contribution is 0.100. The smallest absolute Gasteiger partial charge is 0.193 e. The third-order valence-electron chi connectivity index (χ3n) is 2.75. The number of methoxy groups -OCH3 is 1. The maximum absolute atomic E-state index is 12.2. The number of hydrogen-bond donors (Lipinski definition) is 0. The van der Waals surface area contributed by atoms with Gasteiger partial charge in [0.05, 0.1) is 24.2 Å². The molecule has 0 N–H and O–H groups in total. The van der Waals surface area contributed by atoms with E-state index >= 15 is 0 Å². The molecule has 19 heavy (non-hydrogen) atoms. The van der Waals surface area contributed by atoms with Gasteiger partial charge in [0.25, 0.3) is 0 Å². The number of nitrogens with zero attached hydrogens (tertiary/aromatic N) is 1. The summed E-state index contributed by atoms with van der Waals surface area (Å²) in [5.74, 6) is 0.860. The Labute approximate surface area is 124 Å². The number of carbonyl (C=O) groups excluding carboxylic acids is 1. The van der Waals surface area contributed by atoms with Crippen molar-refractivity contribution < 1.29 is 9.53 Å². The number of anilines is 1. The van der Waals surface area contributed by atoms with E-state index in [1.165, 1.54) is 11.3 Å². The molecule has 0 atom stereocenters. The Balaban J connectivity index is 2.15. The number of thiophene rings is 1. The van der Waals surface area contributed by atoms with Crippen LogP contribution in [0.1, 0.15) is 9.67 Å². The van der Waals surface area contributed by atoms with Crippen molar-refractivity contribution in [1.82, 2.24) is 0 Å². The van der Waals surface area contributed by atoms with E-state index in [1.807, 2.05) is 47.7 Å². The average molecular weight is 340 g/mol. The Kier molecular flexibility index (Phi) is 4.61. The first-order valence-corrected chi connectivity index (χ1v) is 7.41. The van der Waals surface area contributed by atoms with Gasteiger partial charge in [-0.15, -0.1) is 11.3 Å². The molecule has 0 saturated heterocycles. The second kappa shape index (κ2) is 6.21. The van der Waals surface area contributed by atoms with Crippen molar-refractivity contribution in [2.24, 2.45) is 0 Å². The highest BCUT2D eigenvalue weighted by Crippen LogP contribution is 2.28. The molecule has 0 aliphatic rings. The first-order chi connectivity index (χ1) is 9.13. The summed E-state index contributed by atoms with van der Waals surface area (Å²) in [5.41, 5.74) is 0.908. The summed E-state index contributed by atoms with van der Waals surface area (Å²) in [7, 11) is 3.52. The third kappa shape index (κ3) is 3.16. The van der Waals surface area contributed by atoms with Gasteiger partial charge < -0.3 is 9.64 Å². The second-order valence-electron chi connectivity index (χ2n) is 4.05. The zero-order valence-electron chi connectivity index (χ0n) is 10.7. The van der Waals surface area contributed by atoms with Crippen LogP contribution in [-0.4, -0.2) is 26.5 Å². The van der Waals surface area contributed by atoms with E-state index in [2.05, 4.69) is 15.9 Å². The van der Waals surface area contributed by atoms with E-state index < -0.39 is 0 Å². The molecule has 1 aromatic heterocycles. The zero-order valence-corrected chi connectivity index (χ0v) is 13.1. The molecular weight excluding hydrogens is 326 g/mol. The molecule has 0 aliphatic heterocycles. The van der Waals surface area contributed by atoms with Gasteiger partial charge >= 0.3 is 0 Å². The van der Waals surface area contributed by atoms with Crippen LogP contribution in [0.15, 0.2) is 40.2 Å². The van der Waals surface area contributed by atoms with E-state index in [9.17, 15) is 4.79 Å². The molecule has 0 spiro atoms. The molecule has 0 aliphatic carbocycles. The minimum absolute atomic E-state index is 0.0929. The second-order valence-corrected chi connectivity index (χ2v) is 5.82. The van der Waals surface area contributed by atoms with Crippen molar-refractivity contribution >= 4 is 38.7 Å². The Hall–Kier alpha value is -1.33. The number of para-hydroxylation sites is 2. The van der Waals surface area contributed by atoms with Crippen LogP contribution in [0.5, 0.6) is 5.75 Å². The quantitative estimate of drug-likeness (QED) is 0.775. The third-order valence-corrected chi connectivity index (χ3v) is 4.63. The van der Waals surface area contributed by atoms with Crippen LogP contribution < -0.4 is 9.64 Å². The number of rotatable bonds is 5. The van der Waals surface area contributed by atoms with Crippen LogP contribution in [0.2, 0.25) is 0 Å². The summed E-state index contributed by atoms with van der Waals surface area (Å²) >= 11 is 4.84. The first kappa shape index (κ1) is 14.1. The van der Waals surface area contributed by atoms with Crippen molar-refractivity contribution in [3.8, 4) is 5.75 Å². The topological polar surface area (TPSA) is 29.5 Å². The molecule has 0 fully saturated rings. The molecule has 3 nitrogen and oxygen atoms in total. The molecule has 1 heterocycles. The molecule has 0 amide bonds.